The molecule has 0 aliphatic carbocycles. The number of methoxy groups -OCH3 is 1. The van der Waals surface area contributed by atoms with Gasteiger partial charge in [-0.3, -0.25) is 0 Å². The Morgan fingerprint density at radius 1 is 1.08 bits per heavy atom. The minimum Gasteiger partial charge on any atom is -0.388 e. The van der Waals surface area contributed by atoms with E-state index in [2.05, 4.69) is 0 Å². The lowest BCUT2D eigenvalue weighted by Gasteiger charge is -2.38. The normalized spacial score (nSPS) is 49.2. The number of rotatable bonds is 1. The van der Waals surface area contributed by atoms with Crippen molar-refractivity contribution in [3.8, 4) is 0 Å². The van der Waals surface area contributed by atoms with Crippen LogP contribution in [0.1, 0.15) is 6.92 Å². The van der Waals surface area contributed by atoms with Gasteiger partial charge in [0.2, 0.25) is 0 Å². The Hall–Kier alpha value is -0.200. The Bertz CT molecular complexity index is 146. The van der Waals surface area contributed by atoms with E-state index in [1.54, 1.807) is 6.92 Å². The molecule has 1 unspecified atom stereocenters. The van der Waals surface area contributed by atoms with E-state index in [0.29, 0.717) is 0 Å². The van der Waals surface area contributed by atoms with Crippen LogP contribution in [0.3, 0.4) is 0 Å². The van der Waals surface area contributed by atoms with E-state index < -0.39 is 30.7 Å². The summed E-state index contributed by atoms with van der Waals surface area (Å²) in [7, 11) is 1.37. The van der Waals surface area contributed by atoms with E-state index in [1.807, 2.05) is 0 Å². The van der Waals surface area contributed by atoms with Gasteiger partial charge in [0.1, 0.15) is 18.3 Å². The third-order valence-electron chi connectivity index (χ3n) is 2.04. The molecule has 3 N–H and O–H groups in total. The summed E-state index contributed by atoms with van der Waals surface area (Å²) in [5.74, 6) is 0. The molecule has 5 nitrogen and oxygen atoms in total. The monoisotopic (exact) mass is 178 g/mol. The van der Waals surface area contributed by atoms with Crippen LogP contribution in [-0.4, -0.2) is 53.1 Å². The van der Waals surface area contributed by atoms with Crippen molar-refractivity contribution in [2.45, 2.75) is 37.6 Å². The Morgan fingerprint density at radius 2 is 1.67 bits per heavy atom. The van der Waals surface area contributed by atoms with Crippen LogP contribution in [0.25, 0.3) is 0 Å². The standard InChI is InChI=1S/C7H14O5/c1-3-4(8)5(9)6(10)7(11-2)12-3/h3-10H,1-2H3/t3-,4+,5?,6-,7-/m1/s1. The molecule has 0 aromatic heterocycles. The lowest BCUT2D eigenvalue weighted by atomic mass is 10.0. The second-order valence-electron chi connectivity index (χ2n) is 2.92. The molecule has 1 heterocycles. The highest BCUT2D eigenvalue weighted by atomic mass is 16.7. The van der Waals surface area contributed by atoms with Crippen LogP contribution >= 0.6 is 0 Å². The zero-order chi connectivity index (χ0) is 9.30. The summed E-state index contributed by atoms with van der Waals surface area (Å²) in [5, 5.41) is 27.8. The smallest absolute Gasteiger partial charge is 0.186 e. The van der Waals surface area contributed by atoms with Crippen LogP contribution < -0.4 is 0 Å². The Morgan fingerprint density at radius 3 is 2.17 bits per heavy atom. The summed E-state index contributed by atoms with van der Waals surface area (Å²) in [4.78, 5) is 0. The third-order valence-corrected chi connectivity index (χ3v) is 2.04. The van der Waals surface area contributed by atoms with Gasteiger partial charge in [-0.05, 0) is 6.92 Å². The van der Waals surface area contributed by atoms with Gasteiger partial charge in [-0.1, -0.05) is 0 Å². The van der Waals surface area contributed by atoms with Crippen molar-refractivity contribution in [1.29, 1.82) is 0 Å². The summed E-state index contributed by atoms with van der Waals surface area (Å²) in [6.45, 7) is 1.60. The summed E-state index contributed by atoms with van der Waals surface area (Å²) >= 11 is 0. The maximum absolute atomic E-state index is 9.27. The predicted molar refractivity (Wildman–Crippen MR) is 39.4 cm³/mol. The number of aliphatic hydroxyl groups is 3. The SMILES string of the molecule is CO[C@@H]1O[C@H](C)[C@H](O)C(O)[C@H]1O. The van der Waals surface area contributed by atoms with Crippen molar-refractivity contribution in [1.82, 2.24) is 0 Å². The van der Waals surface area contributed by atoms with Crippen molar-refractivity contribution in [2.75, 3.05) is 7.11 Å². The zero-order valence-corrected chi connectivity index (χ0v) is 7.04. The molecule has 5 atom stereocenters. The molecule has 5 heteroatoms. The predicted octanol–water partition coefficient (Wildman–Crippen LogP) is -1.54. The van der Waals surface area contributed by atoms with Gasteiger partial charge in [0, 0.05) is 7.11 Å². The van der Waals surface area contributed by atoms with Crippen molar-refractivity contribution in [3.63, 3.8) is 0 Å². The molecule has 0 saturated carbocycles. The van der Waals surface area contributed by atoms with Gasteiger partial charge in [0.15, 0.2) is 6.29 Å². The maximum atomic E-state index is 9.27. The van der Waals surface area contributed by atoms with Crippen LogP contribution in [0.4, 0.5) is 0 Å². The van der Waals surface area contributed by atoms with Gasteiger partial charge >= 0.3 is 0 Å². The molecule has 1 aliphatic rings. The van der Waals surface area contributed by atoms with Gasteiger partial charge < -0.3 is 24.8 Å². The molecular weight excluding hydrogens is 164 g/mol. The van der Waals surface area contributed by atoms with Crippen LogP contribution in [0.2, 0.25) is 0 Å². The first-order valence-corrected chi connectivity index (χ1v) is 3.80. The van der Waals surface area contributed by atoms with Crippen LogP contribution in [0, 0.1) is 0 Å². The van der Waals surface area contributed by atoms with Gasteiger partial charge in [0.25, 0.3) is 0 Å². The average molecular weight is 178 g/mol. The molecule has 12 heavy (non-hydrogen) atoms. The molecule has 0 bridgehead atoms. The minimum atomic E-state index is -1.21. The van der Waals surface area contributed by atoms with E-state index in [-0.39, 0.29) is 0 Å². The highest BCUT2D eigenvalue weighted by Crippen LogP contribution is 2.20. The van der Waals surface area contributed by atoms with E-state index in [1.165, 1.54) is 7.11 Å². The molecule has 0 aromatic rings. The van der Waals surface area contributed by atoms with E-state index in [9.17, 15) is 15.3 Å². The van der Waals surface area contributed by atoms with Crippen LogP contribution in [-0.2, 0) is 9.47 Å². The van der Waals surface area contributed by atoms with Crippen molar-refractivity contribution in [2.24, 2.45) is 0 Å². The fourth-order valence-electron chi connectivity index (χ4n) is 1.21. The number of aliphatic hydroxyl groups excluding tert-OH is 3. The van der Waals surface area contributed by atoms with Crippen LogP contribution in [0.15, 0.2) is 0 Å². The van der Waals surface area contributed by atoms with Crippen molar-refractivity contribution < 1.29 is 24.8 Å². The lowest BCUT2D eigenvalue weighted by Crippen LogP contribution is -2.57. The molecule has 72 valence electrons. The number of ether oxygens (including phenoxy) is 2. The maximum Gasteiger partial charge on any atom is 0.186 e. The molecule has 1 rings (SSSR count). The minimum absolute atomic E-state index is 0.534. The third kappa shape index (κ3) is 1.60. The second-order valence-corrected chi connectivity index (χ2v) is 2.92. The molecule has 0 spiro atoms. The second kappa shape index (κ2) is 3.68. The van der Waals surface area contributed by atoms with E-state index in [4.69, 9.17) is 9.47 Å². The van der Waals surface area contributed by atoms with Gasteiger partial charge in [-0.2, -0.15) is 0 Å². The van der Waals surface area contributed by atoms with Crippen molar-refractivity contribution >= 4 is 0 Å². The summed E-state index contributed by atoms with van der Waals surface area (Å²) in [6, 6.07) is 0. The van der Waals surface area contributed by atoms with E-state index >= 15 is 0 Å². The highest BCUT2D eigenvalue weighted by Gasteiger charge is 2.41. The Balaban J connectivity index is 2.63. The first kappa shape index (κ1) is 9.88. The van der Waals surface area contributed by atoms with Gasteiger partial charge in [-0.15, -0.1) is 0 Å². The summed E-state index contributed by atoms with van der Waals surface area (Å²) < 4.78 is 9.80. The van der Waals surface area contributed by atoms with E-state index in [0.717, 1.165) is 0 Å². The number of hydrogen-bond donors (Lipinski definition) is 3. The molecule has 0 aromatic carbocycles. The largest absolute Gasteiger partial charge is 0.388 e. The Kier molecular flexibility index (Phi) is 3.03. The molecule has 1 fully saturated rings. The average Bonchev–Trinajstić information content (AvgIpc) is 2.08. The number of hydrogen-bond acceptors (Lipinski definition) is 5. The first-order chi connectivity index (χ1) is 5.57. The van der Waals surface area contributed by atoms with Gasteiger partial charge in [-0.25, -0.2) is 0 Å². The topological polar surface area (TPSA) is 79.2 Å². The Labute approximate surface area is 70.5 Å². The summed E-state index contributed by atoms with van der Waals surface area (Å²) in [5.41, 5.74) is 0. The van der Waals surface area contributed by atoms with Gasteiger partial charge in [0.05, 0.1) is 6.10 Å². The zero-order valence-electron chi connectivity index (χ0n) is 7.04. The highest BCUT2D eigenvalue weighted by molar-refractivity contribution is 4.86. The lowest BCUT2D eigenvalue weighted by molar-refractivity contribution is -0.286. The molecular formula is C7H14O5. The van der Waals surface area contributed by atoms with Crippen LogP contribution in [0.5, 0.6) is 0 Å². The fourth-order valence-corrected chi connectivity index (χ4v) is 1.21. The molecule has 0 amide bonds. The summed E-state index contributed by atoms with van der Waals surface area (Å²) in [6.07, 6.45) is -4.86. The first-order valence-electron chi connectivity index (χ1n) is 3.80. The molecule has 0 radical (unpaired) electrons. The van der Waals surface area contributed by atoms with Crippen molar-refractivity contribution in [3.05, 3.63) is 0 Å². The fraction of sp³-hybridized carbons (Fsp3) is 1.00. The molecule has 1 saturated heterocycles. The quantitative estimate of drug-likeness (QED) is 0.453. The molecule has 1 aliphatic heterocycles.